The maximum Gasteiger partial charge on any atom is 0.230 e. The van der Waals surface area contributed by atoms with Crippen molar-refractivity contribution in [2.24, 2.45) is 72.9 Å². The molecule has 0 atom stereocenters. The van der Waals surface area contributed by atoms with Crippen molar-refractivity contribution in [3.8, 4) is 6.07 Å². The number of rotatable bonds is 14. The summed E-state index contributed by atoms with van der Waals surface area (Å²) in [5.74, 6) is 0.275. The van der Waals surface area contributed by atoms with Gasteiger partial charge in [-0.1, -0.05) is 36.4 Å². The van der Waals surface area contributed by atoms with Crippen LogP contribution in [-0.2, 0) is 42.3 Å². The van der Waals surface area contributed by atoms with E-state index in [0.29, 0.717) is 74.6 Å². The SMILES string of the molecule is C/C(=N\N=c1n(C)c2ccccc2n1C)c1ccccn1.C/C(=N\Nc1nc2cc(F)ccc2n1C)c1ccc(F)cn1.C/C(=N\Nc1nc2cc(F)ccc2n1C)c1ccncn1.C/C(=N\Nc1nc2ccccc2n1C)c1ccc(F)cn1.Cn1c(N/N=C(\C#N)c2ccccn2)nc2cc(F)ccc21. The van der Waals surface area contributed by atoms with Gasteiger partial charge in [-0.05, 0) is 143 Å². The van der Waals surface area contributed by atoms with Gasteiger partial charge in [0.15, 0.2) is 5.71 Å². The fraction of sp³-hybridized carbons (Fsp3) is 0.133. The number of nitrogens with one attached hydrogen (secondary N) is 4. The van der Waals surface area contributed by atoms with Crippen LogP contribution in [0.3, 0.4) is 0 Å². The van der Waals surface area contributed by atoms with E-state index >= 15 is 0 Å². The summed E-state index contributed by atoms with van der Waals surface area (Å²) in [6, 6.07) is 49.8. The summed E-state index contributed by atoms with van der Waals surface area (Å²) >= 11 is 0. The van der Waals surface area contributed by atoms with E-state index in [1.54, 1.807) is 110 Å². The van der Waals surface area contributed by atoms with E-state index in [9.17, 15) is 22.0 Å². The Bertz CT molecular complexity index is 5870. The average molecular weight is 1440 g/mol. The number of anilines is 4. The first kappa shape index (κ1) is 73.8. The third-order valence-corrected chi connectivity index (χ3v) is 16.2. The summed E-state index contributed by atoms with van der Waals surface area (Å²) in [5, 5.41) is 34.6. The molecule has 538 valence electrons. The van der Waals surface area contributed by atoms with Crippen LogP contribution in [0.1, 0.15) is 56.2 Å². The number of hydrazone groups is 4. The molecule has 0 aliphatic rings. The van der Waals surface area contributed by atoms with Gasteiger partial charge in [-0.2, -0.15) is 25.7 Å². The zero-order valence-electron chi connectivity index (χ0n) is 59.3. The molecule has 0 unspecified atom stereocenters. The summed E-state index contributed by atoms with van der Waals surface area (Å²) in [6.45, 7) is 7.29. The smallest absolute Gasteiger partial charge is 0.230 e. The number of imidazole rings is 5. The molecule has 0 amide bonds. The number of hydrogen-bond donors (Lipinski definition) is 4. The summed E-state index contributed by atoms with van der Waals surface area (Å²) in [6.07, 6.45) is 8.76. The van der Waals surface area contributed by atoms with Crippen molar-refractivity contribution in [3.05, 3.63) is 270 Å². The van der Waals surface area contributed by atoms with Crippen LogP contribution in [0.4, 0.5) is 45.7 Å². The van der Waals surface area contributed by atoms with Crippen molar-refractivity contribution in [2.75, 3.05) is 21.7 Å². The highest BCUT2D eigenvalue weighted by atomic mass is 19.1. The summed E-state index contributed by atoms with van der Waals surface area (Å²) < 4.78 is 76.6. The molecule has 0 radical (unpaired) electrons. The van der Waals surface area contributed by atoms with Gasteiger partial charge in [0.1, 0.15) is 47.2 Å². The maximum atomic E-state index is 13.2. The normalized spacial score (nSPS) is 11.8. The molecule has 15 rings (SSSR count). The van der Waals surface area contributed by atoms with Gasteiger partial charge < -0.3 is 27.4 Å². The number of nitrogens with zero attached hydrogens (tertiary/aromatic N) is 23. The fourth-order valence-electron chi connectivity index (χ4n) is 10.4. The Morgan fingerprint density at radius 3 is 1.12 bits per heavy atom. The largest absolute Gasteiger partial charge is 0.312 e. The molecule has 10 aromatic heterocycles. The van der Waals surface area contributed by atoms with Crippen molar-refractivity contribution in [1.29, 1.82) is 5.26 Å². The van der Waals surface area contributed by atoms with E-state index in [4.69, 9.17) is 5.26 Å². The van der Waals surface area contributed by atoms with E-state index in [1.807, 2.05) is 121 Å². The molecule has 0 bridgehead atoms. The second-order valence-corrected chi connectivity index (χ2v) is 23.4. The topological polar surface area (TPSA) is 305 Å². The Hall–Kier alpha value is -14.4. The second kappa shape index (κ2) is 34.1. The first-order chi connectivity index (χ1) is 51.7. The lowest BCUT2D eigenvalue weighted by molar-refractivity contribution is 0.620. The minimum atomic E-state index is -0.401. The van der Waals surface area contributed by atoms with Gasteiger partial charge in [0.25, 0.3) is 0 Å². The number of aryl methyl sites for hydroxylation is 6. The minimum Gasteiger partial charge on any atom is -0.312 e. The van der Waals surface area contributed by atoms with Gasteiger partial charge in [0, 0.05) is 79.1 Å². The third-order valence-electron chi connectivity index (χ3n) is 16.2. The molecule has 10 heterocycles. The van der Waals surface area contributed by atoms with Crippen LogP contribution in [0.15, 0.2) is 238 Å². The van der Waals surface area contributed by atoms with E-state index in [1.165, 1.54) is 61.1 Å². The van der Waals surface area contributed by atoms with Crippen LogP contribution in [-0.4, -0.2) is 106 Å². The number of nitriles is 1. The summed E-state index contributed by atoms with van der Waals surface area (Å²) in [5.41, 5.74) is 26.4. The molecule has 0 saturated heterocycles. The monoisotopic (exact) mass is 1440 g/mol. The van der Waals surface area contributed by atoms with Crippen molar-refractivity contribution >= 4 is 108 Å². The van der Waals surface area contributed by atoms with Crippen molar-refractivity contribution < 1.29 is 22.0 Å². The Kier molecular flexibility index (Phi) is 23.5. The molecule has 107 heavy (non-hydrogen) atoms. The molecule has 0 saturated carbocycles. The molecule has 4 N–H and O–H groups in total. The van der Waals surface area contributed by atoms with Gasteiger partial charge in [-0.15, -0.1) is 10.2 Å². The quantitative estimate of drug-likeness (QED) is 0.0447. The fourth-order valence-corrected chi connectivity index (χ4v) is 10.4. The van der Waals surface area contributed by atoms with Gasteiger partial charge in [-0.3, -0.25) is 19.9 Å². The number of halogens is 5. The molecule has 15 aromatic rings. The number of benzene rings is 5. The highest BCUT2D eigenvalue weighted by molar-refractivity contribution is 6.10. The van der Waals surface area contributed by atoms with Gasteiger partial charge in [0.2, 0.25) is 29.4 Å². The predicted molar refractivity (Wildman–Crippen MR) is 405 cm³/mol. The molecule has 27 nitrogen and oxygen atoms in total. The average Bonchev–Trinajstić information content (AvgIpc) is 1.64. The van der Waals surface area contributed by atoms with E-state index < -0.39 is 5.82 Å². The Balaban J connectivity index is 0.000000133. The van der Waals surface area contributed by atoms with Crippen LogP contribution in [0.2, 0.25) is 0 Å². The zero-order valence-corrected chi connectivity index (χ0v) is 59.3. The lowest BCUT2D eigenvalue weighted by atomic mass is 10.2. The Morgan fingerprint density at radius 1 is 0.355 bits per heavy atom. The molecule has 32 heteroatoms. The van der Waals surface area contributed by atoms with E-state index in [2.05, 4.69) is 114 Å². The molecule has 0 spiro atoms. The molecule has 5 aromatic carbocycles. The predicted octanol–water partition coefficient (Wildman–Crippen LogP) is 13.0. The first-order valence-electron chi connectivity index (χ1n) is 32.7. The van der Waals surface area contributed by atoms with Crippen LogP contribution in [0.25, 0.3) is 55.2 Å². The molecule has 0 aliphatic carbocycles. The van der Waals surface area contributed by atoms with Gasteiger partial charge >= 0.3 is 0 Å². The number of fused-ring (bicyclic) bond motifs is 5. The zero-order chi connectivity index (χ0) is 75.7. The second-order valence-electron chi connectivity index (χ2n) is 23.4. The van der Waals surface area contributed by atoms with Crippen molar-refractivity contribution in [1.82, 2.24) is 77.2 Å². The van der Waals surface area contributed by atoms with Gasteiger partial charge in [-0.25, -0.2) is 73.6 Å². The van der Waals surface area contributed by atoms with Crippen LogP contribution in [0.5, 0.6) is 0 Å². The van der Waals surface area contributed by atoms with E-state index in [0.717, 1.165) is 67.5 Å². The standard InChI is InChI=1S/C16H17N5.C15H13F2N5.C15H11FN6.C15H14FN5.C14H13FN6/c1-12(13-8-6-7-11-17-13)18-19-16-20(2)14-9-4-5-10-15(14)21(16)3;1-9(12-5-3-11(17)8-18-12)20-21-15-19-13-7-10(16)4-6-14(13)22(15)2;1-22-14-6-5-10(16)8-12(14)19-15(22)21-20-13(9-17)11-4-2-3-7-18-11;1-10(12-8-7-11(16)9-17-12)19-20-15-18-13-5-3-4-6-14(13)21(15)2;1-9(11-5-6-16-8-17-11)19-20-14-18-12-7-10(15)3-4-13(12)21(14)2/h4-11H,1-3H3;3-8H,1-2H3,(H,19,21);2-8H,1H3,(H,19,21);3-9H,1-2H3,(H,18,20);3-8H,1-2H3,(H,18,20)/b18-12+;20-9+;20-13+;19-10+;19-9+. The van der Waals surface area contributed by atoms with Crippen LogP contribution >= 0.6 is 0 Å². The third kappa shape index (κ3) is 18.1. The molecule has 0 aliphatic heterocycles. The minimum absolute atomic E-state index is 0.138. The Morgan fingerprint density at radius 2 is 0.729 bits per heavy atom. The molecular weight excluding hydrogens is 1370 g/mol. The van der Waals surface area contributed by atoms with Crippen LogP contribution in [0, 0.1) is 40.4 Å². The Labute approximate surface area is 608 Å². The lowest BCUT2D eigenvalue weighted by Crippen LogP contribution is -2.21. The lowest BCUT2D eigenvalue weighted by Gasteiger charge is -2.03. The molecular formula is C75H68F5N27. The number of para-hydroxylation sites is 4. The maximum absolute atomic E-state index is 13.2. The number of hydrogen-bond acceptors (Lipinski definition) is 21. The first-order valence-corrected chi connectivity index (χ1v) is 32.7. The van der Waals surface area contributed by atoms with Gasteiger partial charge in [0.05, 0.1) is 113 Å². The highest BCUT2D eigenvalue weighted by Crippen LogP contribution is 2.23. The summed E-state index contributed by atoms with van der Waals surface area (Å²) in [4.78, 5) is 41.5. The van der Waals surface area contributed by atoms with Crippen molar-refractivity contribution in [3.63, 3.8) is 0 Å². The highest BCUT2D eigenvalue weighted by Gasteiger charge is 2.14. The van der Waals surface area contributed by atoms with Crippen LogP contribution < -0.4 is 27.3 Å². The number of aromatic nitrogens is 16. The van der Waals surface area contributed by atoms with Crippen molar-refractivity contribution in [2.45, 2.75) is 27.7 Å². The van der Waals surface area contributed by atoms with E-state index in [-0.39, 0.29) is 29.0 Å². The molecule has 0 fully saturated rings. The number of pyridine rings is 4. The summed E-state index contributed by atoms with van der Waals surface area (Å²) in [7, 11) is 11.3.